The third-order valence-corrected chi connectivity index (χ3v) is 5.42. The molecule has 1 aliphatic rings. The van der Waals surface area contributed by atoms with Crippen LogP contribution in [-0.4, -0.2) is 23.3 Å². The zero-order valence-corrected chi connectivity index (χ0v) is 16.1. The number of hydrogen-bond acceptors (Lipinski definition) is 6. The Bertz CT molecular complexity index is 910. The number of ether oxygens (including phenoxy) is 3. The molecule has 0 unspecified atom stereocenters. The number of hydrogen-bond donors (Lipinski definition) is 1. The van der Waals surface area contributed by atoms with Crippen molar-refractivity contribution in [1.29, 1.82) is 0 Å². The summed E-state index contributed by atoms with van der Waals surface area (Å²) < 4.78 is 17.1. The van der Waals surface area contributed by atoms with Crippen molar-refractivity contribution in [2.45, 2.75) is 29.3 Å². The molecule has 0 atom stereocenters. The number of nitrogens with zero attached hydrogens (tertiary/aromatic N) is 1. The molecule has 1 N–H and O–H groups in total. The zero-order valence-electron chi connectivity index (χ0n) is 15.3. The number of pyridine rings is 1. The highest BCUT2D eigenvalue weighted by molar-refractivity contribution is 7.99. The Labute approximate surface area is 168 Å². The first kappa shape index (κ1) is 19.0. The summed E-state index contributed by atoms with van der Waals surface area (Å²) in [6.07, 6.45) is 3.24. The molecular weight excluding hydrogens is 374 g/mol. The van der Waals surface area contributed by atoms with Gasteiger partial charge in [-0.3, -0.25) is 4.98 Å². The average molecular weight is 395 g/mol. The third-order valence-electron chi connectivity index (χ3n) is 4.32. The number of aromatic nitrogens is 1. The summed E-state index contributed by atoms with van der Waals surface area (Å²) >= 11 is 1.65. The molecule has 4 rings (SSSR count). The monoisotopic (exact) mass is 395 g/mol. The molecule has 144 valence electrons. The van der Waals surface area contributed by atoms with E-state index < -0.39 is 0 Å². The maximum absolute atomic E-state index is 9.23. The van der Waals surface area contributed by atoms with E-state index >= 15 is 0 Å². The second kappa shape index (κ2) is 9.21. The van der Waals surface area contributed by atoms with Crippen LogP contribution >= 0.6 is 11.8 Å². The first-order chi connectivity index (χ1) is 13.8. The topological polar surface area (TPSA) is 60.8 Å². The van der Waals surface area contributed by atoms with Crippen LogP contribution in [0.5, 0.6) is 5.75 Å². The van der Waals surface area contributed by atoms with Gasteiger partial charge in [0.2, 0.25) is 0 Å². The van der Waals surface area contributed by atoms with E-state index in [-0.39, 0.29) is 12.9 Å². The summed E-state index contributed by atoms with van der Waals surface area (Å²) in [5, 5.41) is 9.23. The maximum Gasteiger partial charge on any atom is 0.186 e. The van der Waals surface area contributed by atoms with Gasteiger partial charge >= 0.3 is 0 Å². The SMILES string of the molecule is OCc1cccc(COc2ccc(Sc3ccncc3C3OCCO3)cc2)c1. The molecule has 5 nitrogen and oxygen atoms in total. The fourth-order valence-electron chi connectivity index (χ4n) is 2.92. The predicted octanol–water partition coefficient (Wildman–Crippen LogP) is 4.35. The molecular formula is C22H21NO4S. The van der Waals surface area contributed by atoms with Gasteiger partial charge in [-0.1, -0.05) is 36.0 Å². The molecule has 0 bridgehead atoms. The van der Waals surface area contributed by atoms with Crippen LogP contribution in [-0.2, 0) is 22.7 Å². The van der Waals surface area contributed by atoms with Crippen LogP contribution < -0.4 is 4.74 Å². The Morgan fingerprint density at radius 2 is 1.82 bits per heavy atom. The van der Waals surface area contributed by atoms with Crippen molar-refractivity contribution in [2.24, 2.45) is 0 Å². The van der Waals surface area contributed by atoms with Crippen molar-refractivity contribution >= 4 is 11.8 Å². The number of aliphatic hydroxyl groups is 1. The molecule has 1 fully saturated rings. The van der Waals surface area contributed by atoms with Crippen LogP contribution in [0.1, 0.15) is 23.0 Å². The minimum absolute atomic E-state index is 0.0354. The molecule has 28 heavy (non-hydrogen) atoms. The summed E-state index contributed by atoms with van der Waals surface area (Å²) in [6, 6.07) is 17.7. The van der Waals surface area contributed by atoms with Gasteiger partial charge in [0.1, 0.15) is 12.4 Å². The first-order valence-corrected chi connectivity index (χ1v) is 9.90. The number of rotatable bonds is 7. The smallest absolute Gasteiger partial charge is 0.186 e. The molecule has 0 amide bonds. The lowest BCUT2D eigenvalue weighted by Gasteiger charge is -2.13. The summed E-state index contributed by atoms with van der Waals surface area (Å²) in [6.45, 7) is 1.71. The van der Waals surface area contributed by atoms with Gasteiger partial charge in [0, 0.05) is 27.7 Å². The lowest BCUT2D eigenvalue weighted by atomic mass is 10.1. The minimum Gasteiger partial charge on any atom is -0.489 e. The summed E-state index contributed by atoms with van der Waals surface area (Å²) in [5.74, 6) is 0.802. The Morgan fingerprint density at radius 1 is 1.04 bits per heavy atom. The van der Waals surface area contributed by atoms with Gasteiger partial charge in [0.05, 0.1) is 19.8 Å². The van der Waals surface area contributed by atoms with Crippen LogP contribution in [0.4, 0.5) is 0 Å². The number of aliphatic hydroxyl groups excluding tert-OH is 1. The van der Waals surface area contributed by atoms with E-state index in [1.807, 2.05) is 54.6 Å². The predicted molar refractivity (Wildman–Crippen MR) is 106 cm³/mol. The molecule has 0 spiro atoms. The van der Waals surface area contributed by atoms with Gasteiger partial charge in [-0.15, -0.1) is 0 Å². The highest BCUT2D eigenvalue weighted by atomic mass is 32.2. The van der Waals surface area contributed by atoms with Crippen molar-refractivity contribution < 1.29 is 19.3 Å². The van der Waals surface area contributed by atoms with E-state index in [0.29, 0.717) is 19.8 Å². The van der Waals surface area contributed by atoms with Crippen LogP contribution in [0.2, 0.25) is 0 Å². The van der Waals surface area contributed by atoms with Crippen LogP contribution in [0.15, 0.2) is 76.8 Å². The second-order valence-electron chi connectivity index (χ2n) is 6.33. The maximum atomic E-state index is 9.23. The molecule has 1 aromatic heterocycles. The largest absolute Gasteiger partial charge is 0.489 e. The average Bonchev–Trinajstić information content (AvgIpc) is 3.28. The van der Waals surface area contributed by atoms with Crippen molar-refractivity contribution in [2.75, 3.05) is 13.2 Å². The van der Waals surface area contributed by atoms with Gasteiger partial charge in [0.15, 0.2) is 6.29 Å². The lowest BCUT2D eigenvalue weighted by molar-refractivity contribution is -0.0462. The summed E-state index contributed by atoms with van der Waals surface area (Å²) in [5.41, 5.74) is 2.87. The Hall–Kier alpha value is -2.38. The highest BCUT2D eigenvalue weighted by Crippen LogP contribution is 2.36. The molecule has 0 radical (unpaired) electrons. The van der Waals surface area contributed by atoms with E-state index in [1.165, 1.54) is 0 Å². The Morgan fingerprint density at radius 3 is 2.61 bits per heavy atom. The van der Waals surface area contributed by atoms with E-state index in [9.17, 15) is 5.11 Å². The van der Waals surface area contributed by atoms with E-state index in [4.69, 9.17) is 14.2 Å². The van der Waals surface area contributed by atoms with Crippen LogP contribution in [0.25, 0.3) is 0 Å². The Kier molecular flexibility index (Phi) is 6.24. The molecule has 2 aromatic carbocycles. The van der Waals surface area contributed by atoms with Crippen LogP contribution in [0.3, 0.4) is 0 Å². The molecule has 1 aliphatic heterocycles. The van der Waals surface area contributed by atoms with Crippen LogP contribution in [0, 0.1) is 0 Å². The van der Waals surface area contributed by atoms with Gasteiger partial charge in [-0.05, 0) is 41.5 Å². The second-order valence-corrected chi connectivity index (χ2v) is 7.44. The lowest BCUT2D eigenvalue weighted by Crippen LogP contribution is -2.00. The quantitative estimate of drug-likeness (QED) is 0.642. The standard InChI is InChI=1S/C22H21NO4S/c24-14-16-2-1-3-17(12-16)15-27-18-4-6-19(7-5-18)28-21-8-9-23-13-20(21)22-25-10-11-26-22/h1-9,12-13,22,24H,10-11,14-15H2. The number of benzene rings is 2. The van der Waals surface area contributed by atoms with Gasteiger partial charge in [-0.2, -0.15) is 0 Å². The first-order valence-electron chi connectivity index (χ1n) is 9.08. The van der Waals surface area contributed by atoms with Crippen molar-refractivity contribution in [3.63, 3.8) is 0 Å². The highest BCUT2D eigenvalue weighted by Gasteiger charge is 2.21. The minimum atomic E-state index is -0.339. The van der Waals surface area contributed by atoms with Crippen molar-refractivity contribution in [3.05, 3.63) is 83.7 Å². The van der Waals surface area contributed by atoms with E-state index in [1.54, 1.807) is 24.2 Å². The van der Waals surface area contributed by atoms with E-state index in [2.05, 4.69) is 4.98 Å². The van der Waals surface area contributed by atoms with Gasteiger partial charge in [-0.25, -0.2) is 0 Å². The molecule has 6 heteroatoms. The van der Waals surface area contributed by atoms with Crippen molar-refractivity contribution in [1.82, 2.24) is 4.98 Å². The van der Waals surface area contributed by atoms with Gasteiger partial charge in [0.25, 0.3) is 0 Å². The van der Waals surface area contributed by atoms with Crippen molar-refractivity contribution in [3.8, 4) is 5.75 Å². The summed E-state index contributed by atoms with van der Waals surface area (Å²) in [7, 11) is 0. The van der Waals surface area contributed by atoms with E-state index in [0.717, 1.165) is 32.2 Å². The molecule has 1 saturated heterocycles. The van der Waals surface area contributed by atoms with Gasteiger partial charge < -0.3 is 19.3 Å². The molecule has 2 heterocycles. The molecule has 0 saturated carbocycles. The normalized spacial score (nSPS) is 14.3. The fourth-order valence-corrected chi connectivity index (χ4v) is 3.84. The zero-order chi connectivity index (χ0) is 19.2. The fraction of sp³-hybridized carbons (Fsp3) is 0.227. The third kappa shape index (κ3) is 4.72. The molecule has 3 aromatic rings. The Balaban J connectivity index is 1.40. The summed E-state index contributed by atoms with van der Waals surface area (Å²) in [4.78, 5) is 6.37. The molecule has 0 aliphatic carbocycles.